The first-order valence-corrected chi connectivity index (χ1v) is 7.78. The summed E-state index contributed by atoms with van der Waals surface area (Å²) >= 11 is 0. The van der Waals surface area contributed by atoms with E-state index in [1.165, 1.54) is 6.42 Å². The second-order valence-corrected chi connectivity index (χ2v) is 5.76. The van der Waals surface area contributed by atoms with E-state index in [-0.39, 0.29) is 0 Å². The van der Waals surface area contributed by atoms with Crippen LogP contribution in [0.5, 0.6) is 0 Å². The SMILES string of the molecule is c1cnn(-c2cncc(N3CCCC(Cn4cncn4)C3)n2)c1. The molecule has 1 saturated heterocycles. The fourth-order valence-corrected chi connectivity index (χ4v) is 3.03. The van der Waals surface area contributed by atoms with Crippen molar-refractivity contribution in [2.75, 3.05) is 18.0 Å². The zero-order valence-corrected chi connectivity index (χ0v) is 12.7. The Morgan fingerprint density at radius 3 is 2.91 bits per heavy atom. The Morgan fingerprint density at radius 1 is 1.13 bits per heavy atom. The highest BCUT2D eigenvalue weighted by molar-refractivity contribution is 5.39. The Morgan fingerprint density at radius 2 is 2.09 bits per heavy atom. The minimum atomic E-state index is 0.542. The maximum Gasteiger partial charge on any atom is 0.173 e. The normalized spacial score (nSPS) is 18.3. The largest absolute Gasteiger partial charge is 0.355 e. The van der Waals surface area contributed by atoms with Crippen molar-refractivity contribution >= 4 is 5.82 Å². The Bertz CT molecular complexity index is 737. The highest BCUT2D eigenvalue weighted by Gasteiger charge is 2.22. The molecule has 23 heavy (non-hydrogen) atoms. The highest BCUT2D eigenvalue weighted by Crippen LogP contribution is 2.22. The maximum atomic E-state index is 4.70. The summed E-state index contributed by atoms with van der Waals surface area (Å²) in [6.07, 6.45) is 12.9. The summed E-state index contributed by atoms with van der Waals surface area (Å²) in [5.74, 6) is 2.19. The molecular weight excluding hydrogens is 292 g/mol. The summed E-state index contributed by atoms with van der Waals surface area (Å²) in [6, 6.07) is 1.88. The first-order chi connectivity index (χ1) is 11.4. The lowest BCUT2D eigenvalue weighted by Gasteiger charge is -2.33. The number of rotatable bonds is 4. The van der Waals surface area contributed by atoms with Gasteiger partial charge in [-0.2, -0.15) is 10.2 Å². The molecule has 1 unspecified atom stereocenters. The van der Waals surface area contributed by atoms with Crippen molar-refractivity contribution in [3.63, 3.8) is 0 Å². The molecule has 0 radical (unpaired) electrons. The Balaban J connectivity index is 1.50. The van der Waals surface area contributed by atoms with Crippen molar-refractivity contribution in [2.45, 2.75) is 19.4 Å². The number of piperidine rings is 1. The molecule has 0 amide bonds. The van der Waals surface area contributed by atoms with Gasteiger partial charge in [-0.25, -0.2) is 14.6 Å². The zero-order valence-electron chi connectivity index (χ0n) is 12.7. The minimum absolute atomic E-state index is 0.542. The molecule has 0 bridgehead atoms. The Hall–Kier alpha value is -2.77. The minimum Gasteiger partial charge on any atom is -0.355 e. The van der Waals surface area contributed by atoms with Gasteiger partial charge in [0.15, 0.2) is 5.82 Å². The summed E-state index contributed by atoms with van der Waals surface area (Å²) < 4.78 is 3.63. The van der Waals surface area contributed by atoms with Crippen LogP contribution in [0.15, 0.2) is 43.5 Å². The van der Waals surface area contributed by atoms with Crippen LogP contribution in [0.4, 0.5) is 5.82 Å². The molecule has 1 aliphatic rings. The van der Waals surface area contributed by atoms with Gasteiger partial charge < -0.3 is 4.90 Å². The van der Waals surface area contributed by atoms with Gasteiger partial charge in [0.2, 0.25) is 0 Å². The Kier molecular flexibility index (Phi) is 3.71. The van der Waals surface area contributed by atoms with Gasteiger partial charge in [0, 0.05) is 32.0 Å². The molecule has 0 N–H and O–H groups in total. The molecule has 3 aromatic heterocycles. The fourth-order valence-electron chi connectivity index (χ4n) is 3.03. The second kappa shape index (κ2) is 6.15. The van der Waals surface area contributed by atoms with Gasteiger partial charge in [-0.3, -0.25) is 9.67 Å². The lowest BCUT2D eigenvalue weighted by Crippen LogP contribution is -2.37. The van der Waals surface area contributed by atoms with Crippen molar-refractivity contribution in [3.8, 4) is 5.82 Å². The van der Waals surface area contributed by atoms with Crippen LogP contribution < -0.4 is 4.90 Å². The first-order valence-electron chi connectivity index (χ1n) is 7.78. The molecule has 0 aliphatic carbocycles. The molecule has 0 aromatic carbocycles. The van der Waals surface area contributed by atoms with Crippen molar-refractivity contribution < 1.29 is 0 Å². The van der Waals surface area contributed by atoms with E-state index < -0.39 is 0 Å². The van der Waals surface area contributed by atoms with E-state index in [9.17, 15) is 0 Å². The zero-order chi connectivity index (χ0) is 15.5. The van der Waals surface area contributed by atoms with Crippen LogP contribution >= 0.6 is 0 Å². The van der Waals surface area contributed by atoms with E-state index in [2.05, 4.69) is 25.1 Å². The van der Waals surface area contributed by atoms with Crippen LogP contribution in [-0.4, -0.2) is 47.6 Å². The summed E-state index contributed by atoms with van der Waals surface area (Å²) in [6.45, 7) is 2.85. The molecule has 1 fully saturated rings. The van der Waals surface area contributed by atoms with Crippen LogP contribution in [0.2, 0.25) is 0 Å². The van der Waals surface area contributed by atoms with E-state index in [0.29, 0.717) is 5.92 Å². The lowest BCUT2D eigenvalue weighted by molar-refractivity contribution is 0.350. The second-order valence-electron chi connectivity index (χ2n) is 5.76. The summed E-state index contributed by atoms with van der Waals surface area (Å²) in [7, 11) is 0. The first kappa shape index (κ1) is 13.9. The van der Waals surface area contributed by atoms with E-state index >= 15 is 0 Å². The van der Waals surface area contributed by atoms with Gasteiger partial charge >= 0.3 is 0 Å². The third kappa shape index (κ3) is 3.05. The van der Waals surface area contributed by atoms with Crippen LogP contribution in [0.3, 0.4) is 0 Å². The number of nitrogens with zero attached hydrogens (tertiary/aromatic N) is 8. The average molecular weight is 310 g/mol. The van der Waals surface area contributed by atoms with E-state index in [0.717, 1.165) is 37.7 Å². The highest BCUT2D eigenvalue weighted by atomic mass is 15.3. The topological polar surface area (TPSA) is 77.5 Å². The molecule has 8 nitrogen and oxygen atoms in total. The number of hydrogen-bond donors (Lipinski definition) is 0. The van der Waals surface area contributed by atoms with E-state index in [4.69, 9.17) is 4.98 Å². The molecule has 4 heterocycles. The summed E-state index contributed by atoms with van der Waals surface area (Å²) in [5, 5.41) is 8.42. The van der Waals surface area contributed by atoms with Crippen LogP contribution in [0.25, 0.3) is 5.82 Å². The number of hydrogen-bond acceptors (Lipinski definition) is 6. The Labute approximate surface area is 133 Å². The average Bonchev–Trinajstić information content (AvgIpc) is 3.29. The van der Waals surface area contributed by atoms with Crippen LogP contribution in [-0.2, 0) is 6.54 Å². The monoisotopic (exact) mass is 310 g/mol. The van der Waals surface area contributed by atoms with Gasteiger partial charge in [0.1, 0.15) is 18.5 Å². The third-order valence-corrected chi connectivity index (χ3v) is 4.10. The van der Waals surface area contributed by atoms with E-state index in [1.807, 2.05) is 23.1 Å². The quantitative estimate of drug-likeness (QED) is 0.720. The molecule has 118 valence electrons. The van der Waals surface area contributed by atoms with Gasteiger partial charge in [0.05, 0.1) is 12.4 Å². The van der Waals surface area contributed by atoms with Crippen molar-refractivity contribution in [3.05, 3.63) is 43.5 Å². The molecule has 0 spiro atoms. The van der Waals surface area contributed by atoms with Crippen molar-refractivity contribution in [1.82, 2.24) is 34.5 Å². The molecule has 1 atom stereocenters. The molecule has 3 aromatic rings. The van der Waals surface area contributed by atoms with Gasteiger partial charge in [-0.15, -0.1) is 0 Å². The fraction of sp³-hybridized carbons (Fsp3) is 0.400. The molecule has 0 saturated carbocycles. The van der Waals surface area contributed by atoms with Crippen LogP contribution in [0, 0.1) is 5.92 Å². The predicted molar refractivity (Wildman–Crippen MR) is 84.1 cm³/mol. The number of aromatic nitrogens is 7. The predicted octanol–water partition coefficient (Wildman–Crippen LogP) is 1.17. The summed E-state index contributed by atoms with van der Waals surface area (Å²) in [4.78, 5) is 15.3. The maximum absolute atomic E-state index is 4.70. The van der Waals surface area contributed by atoms with Crippen molar-refractivity contribution in [1.29, 1.82) is 0 Å². The molecule has 8 heteroatoms. The standard InChI is InChI=1S/C15H18N8/c1-3-13(10-22-12-17-11-19-22)9-21(5-1)14-7-16-8-15(20-14)23-6-2-4-18-23/h2,4,6-8,11-13H,1,3,5,9-10H2. The summed E-state index contributed by atoms with van der Waals surface area (Å²) in [5.41, 5.74) is 0. The third-order valence-electron chi connectivity index (χ3n) is 4.10. The molecule has 1 aliphatic heterocycles. The lowest BCUT2D eigenvalue weighted by atomic mass is 9.98. The van der Waals surface area contributed by atoms with E-state index in [1.54, 1.807) is 29.7 Å². The molecule has 4 rings (SSSR count). The van der Waals surface area contributed by atoms with Crippen LogP contribution in [0.1, 0.15) is 12.8 Å². The van der Waals surface area contributed by atoms with Gasteiger partial charge in [-0.05, 0) is 24.8 Å². The smallest absolute Gasteiger partial charge is 0.173 e. The number of anilines is 1. The van der Waals surface area contributed by atoms with Crippen molar-refractivity contribution in [2.24, 2.45) is 5.92 Å². The molecular formula is C15H18N8. The van der Waals surface area contributed by atoms with Gasteiger partial charge in [-0.1, -0.05) is 0 Å². The van der Waals surface area contributed by atoms with Gasteiger partial charge in [0.25, 0.3) is 0 Å².